The average molecular weight is 326 g/mol. The minimum Gasteiger partial charge on any atom is -0.488 e. The second-order valence-corrected chi connectivity index (χ2v) is 5.57. The first-order valence-electron chi connectivity index (χ1n) is 7.96. The first kappa shape index (κ1) is 16.1. The number of nitrogens with one attached hydrogen (secondary N) is 2. The molecule has 1 aliphatic heterocycles. The Bertz CT molecular complexity index is 675. The van der Waals surface area contributed by atoms with Crippen molar-refractivity contribution < 1.29 is 9.47 Å². The number of nitrogens with zero attached hydrogens (tertiary/aromatic N) is 2. The number of rotatable bonds is 5. The molecule has 2 N–H and O–H groups in total. The molecule has 1 unspecified atom stereocenters. The van der Waals surface area contributed by atoms with E-state index >= 15 is 0 Å². The van der Waals surface area contributed by atoms with Gasteiger partial charge in [-0.25, -0.2) is 4.98 Å². The van der Waals surface area contributed by atoms with E-state index in [1.54, 1.807) is 20.4 Å². The Morgan fingerprint density at radius 3 is 2.88 bits per heavy atom. The van der Waals surface area contributed by atoms with E-state index in [0.717, 1.165) is 23.7 Å². The Morgan fingerprint density at radius 1 is 1.29 bits per heavy atom. The van der Waals surface area contributed by atoms with Crippen LogP contribution in [0.15, 0.2) is 47.6 Å². The molecule has 0 spiro atoms. The lowest BCUT2D eigenvalue weighted by Gasteiger charge is -2.15. The van der Waals surface area contributed by atoms with Crippen LogP contribution in [0.3, 0.4) is 0 Å². The van der Waals surface area contributed by atoms with Crippen molar-refractivity contribution in [2.75, 3.05) is 20.7 Å². The molecule has 2 aromatic rings. The molecule has 1 atom stereocenters. The predicted molar refractivity (Wildman–Crippen MR) is 93.6 cm³/mol. The molecule has 126 valence electrons. The van der Waals surface area contributed by atoms with Crippen LogP contribution in [0.1, 0.15) is 11.1 Å². The van der Waals surface area contributed by atoms with E-state index in [1.165, 1.54) is 5.56 Å². The van der Waals surface area contributed by atoms with Crippen molar-refractivity contribution in [3.05, 3.63) is 53.7 Å². The Kier molecular flexibility index (Phi) is 5.15. The molecule has 1 aliphatic rings. The van der Waals surface area contributed by atoms with Crippen molar-refractivity contribution in [3.8, 4) is 11.6 Å². The third-order valence-electron chi connectivity index (χ3n) is 3.90. The molecule has 1 aromatic heterocycles. The molecule has 2 heterocycles. The fourth-order valence-electron chi connectivity index (χ4n) is 2.62. The van der Waals surface area contributed by atoms with Crippen LogP contribution in [-0.4, -0.2) is 37.7 Å². The predicted octanol–water partition coefficient (Wildman–Crippen LogP) is 1.76. The lowest BCUT2D eigenvalue weighted by molar-refractivity contribution is 0.235. The van der Waals surface area contributed by atoms with Gasteiger partial charge in [-0.2, -0.15) is 0 Å². The van der Waals surface area contributed by atoms with Gasteiger partial charge >= 0.3 is 0 Å². The van der Waals surface area contributed by atoms with Gasteiger partial charge in [-0.3, -0.25) is 4.99 Å². The maximum absolute atomic E-state index is 5.92. The molecule has 6 heteroatoms. The van der Waals surface area contributed by atoms with E-state index in [0.29, 0.717) is 19.0 Å². The second-order valence-electron chi connectivity index (χ2n) is 5.57. The van der Waals surface area contributed by atoms with Crippen LogP contribution in [0.25, 0.3) is 0 Å². The molecule has 24 heavy (non-hydrogen) atoms. The van der Waals surface area contributed by atoms with E-state index in [9.17, 15) is 0 Å². The topological polar surface area (TPSA) is 67.8 Å². The van der Waals surface area contributed by atoms with Gasteiger partial charge in [-0.1, -0.05) is 24.3 Å². The van der Waals surface area contributed by atoms with Crippen LogP contribution in [0.2, 0.25) is 0 Å². The highest BCUT2D eigenvalue weighted by Gasteiger charge is 2.22. The fourth-order valence-corrected chi connectivity index (χ4v) is 2.62. The summed E-state index contributed by atoms with van der Waals surface area (Å²) < 4.78 is 11.0. The zero-order valence-corrected chi connectivity index (χ0v) is 14.0. The molecule has 0 amide bonds. The van der Waals surface area contributed by atoms with Crippen LogP contribution >= 0.6 is 0 Å². The van der Waals surface area contributed by atoms with E-state index in [1.807, 2.05) is 30.3 Å². The Balaban J connectivity index is 1.45. The zero-order chi connectivity index (χ0) is 16.8. The molecule has 0 radical (unpaired) electrons. The van der Waals surface area contributed by atoms with Crippen LogP contribution in [0, 0.1) is 0 Å². The average Bonchev–Trinajstić information content (AvgIpc) is 3.05. The standard InChI is InChI=1S/C18H22N4O2/c1-19-18(21-11-13-7-8-17(23-2)20-10-13)22-12-15-9-14-5-3-4-6-16(14)24-15/h3-8,10,15H,9,11-12H2,1-2H3,(H2,19,21,22). The number of methoxy groups -OCH3 is 1. The first-order valence-corrected chi connectivity index (χ1v) is 7.96. The van der Waals surface area contributed by atoms with Crippen LogP contribution in [0.4, 0.5) is 0 Å². The Labute approximate surface area is 141 Å². The molecule has 0 fully saturated rings. The number of para-hydroxylation sites is 1. The number of hydrogen-bond acceptors (Lipinski definition) is 4. The van der Waals surface area contributed by atoms with Crippen molar-refractivity contribution >= 4 is 5.96 Å². The van der Waals surface area contributed by atoms with Crippen LogP contribution in [-0.2, 0) is 13.0 Å². The number of aromatic nitrogens is 1. The number of aliphatic imine (C=N–C) groups is 1. The molecule has 6 nitrogen and oxygen atoms in total. The number of ether oxygens (including phenoxy) is 2. The lowest BCUT2D eigenvalue weighted by atomic mass is 10.1. The zero-order valence-electron chi connectivity index (χ0n) is 14.0. The Hall–Kier alpha value is -2.76. The molecule has 0 saturated carbocycles. The summed E-state index contributed by atoms with van der Waals surface area (Å²) in [6.07, 6.45) is 2.84. The maximum Gasteiger partial charge on any atom is 0.212 e. The van der Waals surface area contributed by atoms with Gasteiger partial charge in [-0.15, -0.1) is 0 Å². The molecular formula is C18H22N4O2. The van der Waals surface area contributed by atoms with Crippen molar-refractivity contribution in [3.63, 3.8) is 0 Å². The van der Waals surface area contributed by atoms with Gasteiger partial charge in [0.1, 0.15) is 11.9 Å². The van der Waals surface area contributed by atoms with Crippen LogP contribution < -0.4 is 20.1 Å². The summed E-state index contributed by atoms with van der Waals surface area (Å²) in [6.45, 7) is 1.34. The van der Waals surface area contributed by atoms with E-state index in [-0.39, 0.29) is 6.10 Å². The van der Waals surface area contributed by atoms with Crippen LogP contribution in [0.5, 0.6) is 11.6 Å². The highest BCUT2D eigenvalue weighted by molar-refractivity contribution is 5.79. The summed E-state index contributed by atoms with van der Waals surface area (Å²) in [4.78, 5) is 8.43. The monoisotopic (exact) mass is 326 g/mol. The quantitative estimate of drug-likeness (QED) is 0.647. The minimum atomic E-state index is 0.128. The van der Waals surface area contributed by atoms with Crippen molar-refractivity contribution in [2.24, 2.45) is 4.99 Å². The molecule has 1 aromatic carbocycles. The number of benzene rings is 1. The normalized spacial score (nSPS) is 16.2. The first-order chi connectivity index (χ1) is 11.8. The SMILES string of the molecule is CN=C(NCc1ccc(OC)nc1)NCC1Cc2ccccc2O1. The summed E-state index contributed by atoms with van der Waals surface area (Å²) in [6, 6.07) is 12.0. The van der Waals surface area contributed by atoms with Gasteiger partial charge < -0.3 is 20.1 Å². The molecule has 0 saturated heterocycles. The maximum atomic E-state index is 5.92. The van der Waals surface area contributed by atoms with Gasteiger partial charge in [0.25, 0.3) is 0 Å². The van der Waals surface area contributed by atoms with E-state index in [2.05, 4.69) is 26.7 Å². The highest BCUT2D eigenvalue weighted by Crippen LogP contribution is 2.27. The van der Waals surface area contributed by atoms with Gasteiger partial charge in [-0.05, 0) is 17.2 Å². The second kappa shape index (κ2) is 7.68. The van der Waals surface area contributed by atoms with Gasteiger partial charge in [0.15, 0.2) is 5.96 Å². The Morgan fingerprint density at radius 2 is 2.17 bits per heavy atom. The summed E-state index contributed by atoms with van der Waals surface area (Å²) >= 11 is 0. The van der Waals surface area contributed by atoms with Gasteiger partial charge in [0.2, 0.25) is 5.88 Å². The lowest BCUT2D eigenvalue weighted by Crippen LogP contribution is -2.41. The van der Waals surface area contributed by atoms with Crippen molar-refractivity contribution in [2.45, 2.75) is 19.1 Å². The van der Waals surface area contributed by atoms with E-state index in [4.69, 9.17) is 9.47 Å². The van der Waals surface area contributed by atoms with E-state index < -0.39 is 0 Å². The summed E-state index contributed by atoms with van der Waals surface area (Å²) in [5.41, 5.74) is 2.32. The number of pyridine rings is 1. The smallest absolute Gasteiger partial charge is 0.212 e. The highest BCUT2D eigenvalue weighted by atomic mass is 16.5. The number of guanidine groups is 1. The summed E-state index contributed by atoms with van der Waals surface area (Å²) in [5.74, 6) is 2.33. The van der Waals surface area contributed by atoms with Gasteiger partial charge in [0.05, 0.1) is 13.7 Å². The van der Waals surface area contributed by atoms with Gasteiger partial charge in [0, 0.05) is 32.3 Å². The molecule has 0 bridgehead atoms. The largest absolute Gasteiger partial charge is 0.488 e. The molecule has 3 rings (SSSR count). The minimum absolute atomic E-state index is 0.128. The number of hydrogen-bond donors (Lipinski definition) is 2. The molecular weight excluding hydrogens is 304 g/mol. The fraction of sp³-hybridized carbons (Fsp3) is 0.333. The third-order valence-corrected chi connectivity index (χ3v) is 3.90. The number of fused-ring (bicyclic) bond motifs is 1. The molecule has 0 aliphatic carbocycles. The third kappa shape index (κ3) is 3.95. The van der Waals surface area contributed by atoms with Crippen molar-refractivity contribution in [1.82, 2.24) is 15.6 Å². The summed E-state index contributed by atoms with van der Waals surface area (Å²) in [5, 5.41) is 6.58. The summed E-state index contributed by atoms with van der Waals surface area (Å²) in [7, 11) is 3.36. The van der Waals surface area contributed by atoms with Crippen molar-refractivity contribution in [1.29, 1.82) is 0 Å².